The van der Waals surface area contributed by atoms with Gasteiger partial charge < -0.3 is 9.84 Å². The van der Waals surface area contributed by atoms with Crippen LogP contribution in [0.1, 0.15) is 46.0 Å². The predicted molar refractivity (Wildman–Crippen MR) is 66.7 cm³/mol. The molecule has 0 bridgehead atoms. The summed E-state index contributed by atoms with van der Waals surface area (Å²) in [6.45, 7) is 4.92. The SMILES string of the molecule is COC(=O)CC(C)N1CCCCC1CC(C)O. The van der Waals surface area contributed by atoms with Crippen LogP contribution in [-0.4, -0.2) is 47.8 Å². The van der Waals surface area contributed by atoms with Gasteiger partial charge in [0, 0.05) is 12.1 Å². The number of piperidine rings is 1. The molecule has 0 aromatic heterocycles. The standard InChI is InChI=1S/C13H25NO3/c1-10(8-13(16)17-3)14-7-5-4-6-12(14)9-11(2)15/h10-12,15H,4-9H2,1-3H3. The Labute approximate surface area is 104 Å². The van der Waals surface area contributed by atoms with Gasteiger partial charge in [-0.1, -0.05) is 6.42 Å². The van der Waals surface area contributed by atoms with Gasteiger partial charge in [0.25, 0.3) is 0 Å². The molecule has 0 radical (unpaired) electrons. The summed E-state index contributed by atoms with van der Waals surface area (Å²) in [7, 11) is 1.43. The fourth-order valence-electron chi connectivity index (χ4n) is 2.69. The van der Waals surface area contributed by atoms with Crippen LogP contribution in [0.2, 0.25) is 0 Å². The minimum Gasteiger partial charge on any atom is -0.469 e. The molecule has 1 fully saturated rings. The molecular weight excluding hydrogens is 218 g/mol. The molecule has 0 aromatic rings. The van der Waals surface area contributed by atoms with Crippen molar-refractivity contribution >= 4 is 5.97 Å². The van der Waals surface area contributed by atoms with Crippen LogP contribution in [0.5, 0.6) is 0 Å². The average molecular weight is 243 g/mol. The molecule has 1 rings (SSSR count). The van der Waals surface area contributed by atoms with Crippen LogP contribution in [0.15, 0.2) is 0 Å². The Morgan fingerprint density at radius 1 is 1.47 bits per heavy atom. The minimum atomic E-state index is -0.272. The summed E-state index contributed by atoms with van der Waals surface area (Å²) in [6, 6.07) is 0.606. The summed E-state index contributed by atoms with van der Waals surface area (Å²) in [5.74, 6) is -0.154. The van der Waals surface area contributed by atoms with E-state index < -0.39 is 0 Å². The van der Waals surface area contributed by atoms with Crippen molar-refractivity contribution < 1.29 is 14.6 Å². The van der Waals surface area contributed by atoms with Gasteiger partial charge >= 0.3 is 5.97 Å². The first-order chi connectivity index (χ1) is 8.04. The number of hydrogen-bond acceptors (Lipinski definition) is 4. The topological polar surface area (TPSA) is 49.8 Å². The number of ether oxygens (including phenoxy) is 1. The summed E-state index contributed by atoms with van der Waals surface area (Å²) >= 11 is 0. The molecule has 1 saturated heterocycles. The number of nitrogens with zero attached hydrogens (tertiary/aromatic N) is 1. The first-order valence-corrected chi connectivity index (χ1v) is 6.55. The maximum Gasteiger partial charge on any atom is 0.307 e. The van der Waals surface area contributed by atoms with Crippen molar-refractivity contribution in [3.05, 3.63) is 0 Å². The van der Waals surface area contributed by atoms with E-state index in [1.807, 2.05) is 6.92 Å². The van der Waals surface area contributed by atoms with Gasteiger partial charge in [-0.25, -0.2) is 0 Å². The van der Waals surface area contributed by atoms with Crippen LogP contribution in [0.4, 0.5) is 0 Å². The lowest BCUT2D eigenvalue weighted by Crippen LogP contribution is -2.47. The van der Waals surface area contributed by atoms with Crippen molar-refractivity contribution in [3.8, 4) is 0 Å². The Kier molecular flexibility index (Phi) is 5.92. The van der Waals surface area contributed by atoms with Gasteiger partial charge in [0.1, 0.15) is 0 Å². The maximum atomic E-state index is 11.3. The Balaban J connectivity index is 2.54. The lowest BCUT2D eigenvalue weighted by atomic mass is 9.95. The number of aliphatic hydroxyl groups is 1. The molecular formula is C13H25NO3. The minimum absolute atomic E-state index is 0.154. The number of carbonyl (C=O) groups excluding carboxylic acids is 1. The highest BCUT2D eigenvalue weighted by molar-refractivity contribution is 5.69. The Hall–Kier alpha value is -0.610. The largest absolute Gasteiger partial charge is 0.469 e. The molecule has 4 heteroatoms. The van der Waals surface area contributed by atoms with E-state index in [0.717, 1.165) is 19.4 Å². The molecule has 3 unspecified atom stereocenters. The molecule has 0 spiro atoms. The van der Waals surface area contributed by atoms with E-state index in [-0.39, 0.29) is 18.1 Å². The summed E-state index contributed by atoms with van der Waals surface area (Å²) in [5, 5.41) is 9.51. The van der Waals surface area contributed by atoms with E-state index in [9.17, 15) is 9.90 Å². The fourth-order valence-corrected chi connectivity index (χ4v) is 2.69. The average Bonchev–Trinajstić information content (AvgIpc) is 2.28. The normalized spacial score (nSPS) is 25.3. The Morgan fingerprint density at radius 2 is 2.18 bits per heavy atom. The van der Waals surface area contributed by atoms with Crippen molar-refractivity contribution in [3.63, 3.8) is 0 Å². The summed E-state index contributed by atoms with van der Waals surface area (Å²) in [5.41, 5.74) is 0. The van der Waals surface area contributed by atoms with Gasteiger partial charge in [0.2, 0.25) is 0 Å². The zero-order chi connectivity index (χ0) is 12.8. The van der Waals surface area contributed by atoms with E-state index in [4.69, 9.17) is 4.74 Å². The third-order valence-electron chi connectivity index (χ3n) is 3.54. The first kappa shape index (κ1) is 14.5. The van der Waals surface area contributed by atoms with Crippen molar-refractivity contribution in [1.82, 2.24) is 4.90 Å². The second kappa shape index (κ2) is 6.97. The second-order valence-corrected chi connectivity index (χ2v) is 5.10. The number of hydrogen-bond donors (Lipinski definition) is 1. The summed E-state index contributed by atoms with van der Waals surface area (Å²) in [4.78, 5) is 13.6. The molecule has 4 nitrogen and oxygen atoms in total. The van der Waals surface area contributed by atoms with E-state index in [2.05, 4.69) is 11.8 Å². The van der Waals surface area contributed by atoms with E-state index >= 15 is 0 Å². The third-order valence-corrected chi connectivity index (χ3v) is 3.54. The molecule has 1 heterocycles. The van der Waals surface area contributed by atoms with Crippen LogP contribution >= 0.6 is 0 Å². The number of likely N-dealkylation sites (tertiary alicyclic amines) is 1. The first-order valence-electron chi connectivity index (χ1n) is 6.55. The van der Waals surface area contributed by atoms with Crippen LogP contribution in [-0.2, 0) is 9.53 Å². The van der Waals surface area contributed by atoms with Crippen LogP contribution in [0.25, 0.3) is 0 Å². The smallest absolute Gasteiger partial charge is 0.307 e. The molecule has 3 atom stereocenters. The van der Waals surface area contributed by atoms with Crippen molar-refractivity contribution in [2.45, 2.75) is 64.1 Å². The van der Waals surface area contributed by atoms with Gasteiger partial charge in [-0.15, -0.1) is 0 Å². The summed E-state index contributed by atoms with van der Waals surface area (Å²) < 4.78 is 4.71. The quantitative estimate of drug-likeness (QED) is 0.745. The van der Waals surface area contributed by atoms with Crippen LogP contribution in [0, 0.1) is 0 Å². The maximum absolute atomic E-state index is 11.3. The van der Waals surface area contributed by atoms with E-state index in [1.165, 1.54) is 20.0 Å². The lowest BCUT2D eigenvalue weighted by Gasteiger charge is -2.40. The van der Waals surface area contributed by atoms with Gasteiger partial charge in [0.15, 0.2) is 0 Å². The molecule has 1 aliphatic heterocycles. The molecule has 0 aliphatic carbocycles. The molecule has 17 heavy (non-hydrogen) atoms. The predicted octanol–water partition coefficient (Wildman–Crippen LogP) is 1.56. The Bertz CT molecular complexity index is 243. The van der Waals surface area contributed by atoms with Gasteiger partial charge in [0.05, 0.1) is 19.6 Å². The highest BCUT2D eigenvalue weighted by Gasteiger charge is 2.28. The highest BCUT2D eigenvalue weighted by atomic mass is 16.5. The molecule has 0 amide bonds. The number of aliphatic hydroxyl groups excluding tert-OH is 1. The van der Waals surface area contributed by atoms with Gasteiger partial charge in [-0.05, 0) is 39.7 Å². The van der Waals surface area contributed by atoms with E-state index in [1.54, 1.807) is 0 Å². The molecule has 1 N–H and O–H groups in total. The van der Waals surface area contributed by atoms with Crippen LogP contribution < -0.4 is 0 Å². The monoisotopic (exact) mass is 243 g/mol. The fraction of sp³-hybridized carbons (Fsp3) is 0.923. The van der Waals surface area contributed by atoms with E-state index in [0.29, 0.717) is 12.5 Å². The molecule has 0 saturated carbocycles. The second-order valence-electron chi connectivity index (χ2n) is 5.10. The van der Waals surface area contributed by atoms with Gasteiger partial charge in [-0.3, -0.25) is 9.69 Å². The third kappa shape index (κ3) is 4.64. The van der Waals surface area contributed by atoms with Crippen molar-refractivity contribution in [2.75, 3.05) is 13.7 Å². The number of carbonyl (C=O) groups is 1. The highest BCUT2D eigenvalue weighted by Crippen LogP contribution is 2.24. The number of esters is 1. The zero-order valence-corrected chi connectivity index (χ0v) is 11.2. The molecule has 100 valence electrons. The summed E-state index contributed by atoms with van der Waals surface area (Å²) in [6.07, 6.45) is 4.49. The number of methoxy groups -OCH3 is 1. The number of rotatable bonds is 5. The lowest BCUT2D eigenvalue weighted by molar-refractivity contribution is -0.142. The zero-order valence-electron chi connectivity index (χ0n) is 11.2. The van der Waals surface area contributed by atoms with Crippen LogP contribution in [0.3, 0.4) is 0 Å². The van der Waals surface area contributed by atoms with Crippen molar-refractivity contribution in [2.24, 2.45) is 0 Å². The Morgan fingerprint density at radius 3 is 2.76 bits per heavy atom. The molecule has 1 aliphatic rings. The van der Waals surface area contributed by atoms with Gasteiger partial charge in [-0.2, -0.15) is 0 Å². The molecule has 0 aromatic carbocycles. The van der Waals surface area contributed by atoms with Crippen molar-refractivity contribution in [1.29, 1.82) is 0 Å².